The van der Waals surface area contributed by atoms with Crippen LogP contribution in [-0.2, 0) is 24.2 Å². The number of rotatable bonds is 5. The molecule has 0 aromatic heterocycles. The number of hydrogen-bond donors (Lipinski definition) is 1. The molecule has 2 atom stereocenters. The van der Waals surface area contributed by atoms with Gasteiger partial charge in [0, 0.05) is 6.26 Å². The van der Waals surface area contributed by atoms with E-state index in [0.29, 0.717) is 0 Å². The zero-order valence-corrected chi connectivity index (χ0v) is 10.6. The third kappa shape index (κ3) is 4.61. The first-order chi connectivity index (χ1) is 7.20. The van der Waals surface area contributed by atoms with Crippen molar-refractivity contribution in [1.29, 1.82) is 0 Å². The van der Waals surface area contributed by atoms with Gasteiger partial charge < -0.3 is 10.1 Å². The molecule has 1 amide bonds. The van der Waals surface area contributed by atoms with Crippen molar-refractivity contribution in [3.05, 3.63) is 0 Å². The van der Waals surface area contributed by atoms with Crippen molar-refractivity contribution in [2.24, 2.45) is 0 Å². The largest absolute Gasteiger partial charge is 0.464 e. The van der Waals surface area contributed by atoms with Crippen molar-refractivity contribution in [3.8, 4) is 0 Å². The van der Waals surface area contributed by atoms with Crippen molar-refractivity contribution >= 4 is 21.7 Å². The summed E-state index contributed by atoms with van der Waals surface area (Å²) in [6.45, 7) is 4.56. The van der Waals surface area contributed by atoms with Crippen LogP contribution >= 0.6 is 0 Å². The summed E-state index contributed by atoms with van der Waals surface area (Å²) >= 11 is 0. The first-order valence-corrected chi connectivity index (χ1v) is 6.81. The molecule has 0 saturated heterocycles. The van der Waals surface area contributed by atoms with Gasteiger partial charge in [-0.2, -0.15) is 0 Å². The average molecular weight is 251 g/mol. The molecule has 0 aliphatic heterocycles. The van der Waals surface area contributed by atoms with Crippen molar-refractivity contribution in [1.82, 2.24) is 5.32 Å². The molecule has 0 aliphatic carbocycles. The standard InChI is InChI=1S/C9H17NO5S/c1-5-15-9(12)6(2)10-8(11)7(3)16(4,13)14/h6-7H,5H2,1-4H3,(H,10,11). The summed E-state index contributed by atoms with van der Waals surface area (Å²) in [7, 11) is -3.45. The second-order valence-electron chi connectivity index (χ2n) is 3.45. The zero-order valence-electron chi connectivity index (χ0n) is 9.81. The predicted molar refractivity (Wildman–Crippen MR) is 58.5 cm³/mol. The molecule has 0 heterocycles. The van der Waals surface area contributed by atoms with E-state index >= 15 is 0 Å². The van der Waals surface area contributed by atoms with Gasteiger partial charge in [-0.05, 0) is 20.8 Å². The van der Waals surface area contributed by atoms with E-state index in [1.165, 1.54) is 13.8 Å². The topological polar surface area (TPSA) is 89.5 Å². The fraction of sp³-hybridized carbons (Fsp3) is 0.778. The normalized spacial score (nSPS) is 15.0. The number of carbonyl (C=O) groups excluding carboxylic acids is 2. The minimum Gasteiger partial charge on any atom is -0.464 e. The summed E-state index contributed by atoms with van der Waals surface area (Å²) in [6, 6.07) is -0.850. The molecule has 6 nitrogen and oxygen atoms in total. The number of esters is 1. The molecule has 94 valence electrons. The van der Waals surface area contributed by atoms with Crippen LogP contribution in [0.15, 0.2) is 0 Å². The maximum atomic E-state index is 11.4. The molecule has 0 fully saturated rings. The van der Waals surface area contributed by atoms with Crippen LogP contribution in [0.25, 0.3) is 0 Å². The third-order valence-electron chi connectivity index (χ3n) is 2.01. The van der Waals surface area contributed by atoms with Crippen LogP contribution in [0.4, 0.5) is 0 Å². The molecule has 0 aromatic carbocycles. The van der Waals surface area contributed by atoms with E-state index in [-0.39, 0.29) is 6.61 Å². The minimum absolute atomic E-state index is 0.209. The molecule has 0 aromatic rings. The number of ether oxygens (including phenoxy) is 1. The Balaban J connectivity index is 4.41. The van der Waals surface area contributed by atoms with Gasteiger partial charge in [0.1, 0.15) is 11.3 Å². The van der Waals surface area contributed by atoms with Crippen molar-refractivity contribution in [2.45, 2.75) is 32.1 Å². The molecular formula is C9H17NO5S. The van der Waals surface area contributed by atoms with E-state index in [1.807, 2.05) is 0 Å². The fourth-order valence-corrected chi connectivity index (χ4v) is 1.31. The molecule has 0 bridgehead atoms. The molecule has 2 unspecified atom stereocenters. The third-order valence-corrected chi connectivity index (χ3v) is 3.51. The van der Waals surface area contributed by atoms with Crippen molar-refractivity contribution < 1.29 is 22.7 Å². The smallest absolute Gasteiger partial charge is 0.328 e. The van der Waals surface area contributed by atoms with Crippen molar-refractivity contribution in [2.75, 3.05) is 12.9 Å². The van der Waals surface area contributed by atoms with Gasteiger partial charge in [-0.3, -0.25) is 4.79 Å². The van der Waals surface area contributed by atoms with Crippen LogP contribution in [0, 0.1) is 0 Å². The van der Waals surface area contributed by atoms with Gasteiger partial charge in [0.05, 0.1) is 6.61 Å². The van der Waals surface area contributed by atoms with Gasteiger partial charge in [-0.25, -0.2) is 13.2 Å². The summed E-state index contributed by atoms with van der Waals surface area (Å²) in [5.41, 5.74) is 0. The number of hydrogen-bond acceptors (Lipinski definition) is 5. The SMILES string of the molecule is CCOC(=O)C(C)NC(=O)C(C)S(C)(=O)=O. The van der Waals surface area contributed by atoms with E-state index in [9.17, 15) is 18.0 Å². The highest BCUT2D eigenvalue weighted by Gasteiger charge is 2.26. The predicted octanol–water partition coefficient (Wildman–Crippen LogP) is -0.513. The molecular weight excluding hydrogens is 234 g/mol. The highest BCUT2D eigenvalue weighted by molar-refractivity contribution is 7.92. The Labute approximate surface area is 95.3 Å². The maximum Gasteiger partial charge on any atom is 0.328 e. The van der Waals surface area contributed by atoms with Gasteiger partial charge >= 0.3 is 5.97 Å². The molecule has 0 radical (unpaired) electrons. The zero-order chi connectivity index (χ0) is 12.9. The monoisotopic (exact) mass is 251 g/mol. The Bertz CT molecular complexity index is 362. The lowest BCUT2D eigenvalue weighted by Crippen LogP contribution is -2.45. The molecule has 16 heavy (non-hydrogen) atoms. The van der Waals surface area contributed by atoms with Crippen LogP contribution < -0.4 is 5.32 Å². The highest BCUT2D eigenvalue weighted by Crippen LogP contribution is 1.99. The lowest BCUT2D eigenvalue weighted by Gasteiger charge is -2.15. The van der Waals surface area contributed by atoms with Crippen LogP contribution in [0.3, 0.4) is 0 Å². The van der Waals surface area contributed by atoms with Gasteiger partial charge in [0.15, 0.2) is 9.84 Å². The van der Waals surface area contributed by atoms with Gasteiger partial charge in [0.25, 0.3) is 0 Å². The molecule has 0 rings (SSSR count). The van der Waals surface area contributed by atoms with E-state index in [4.69, 9.17) is 0 Å². The second kappa shape index (κ2) is 5.83. The Hall–Kier alpha value is -1.11. The summed E-state index contributed by atoms with van der Waals surface area (Å²) in [5.74, 6) is -1.29. The number of sulfone groups is 1. The summed E-state index contributed by atoms with van der Waals surface area (Å²) in [6.07, 6.45) is 0.965. The Morgan fingerprint density at radius 3 is 2.19 bits per heavy atom. The average Bonchev–Trinajstić information content (AvgIpc) is 2.15. The van der Waals surface area contributed by atoms with E-state index in [1.54, 1.807) is 6.92 Å². The Morgan fingerprint density at radius 1 is 1.31 bits per heavy atom. The molecule has 0 saturated carbocycles. The molecule has 7 heteroatoms. The van der Waals surface area contributed by atoms with Gasteiger partial charge in [-0.15, -0.1) is 0 Å². The van der Waals surface area contributed by atoms with E-state index < -0.39 is 33.0 Å². The van der Waals surface area contributed by atoms with Gasteiger partial charge in [-0.1, -0.05) is 0 Å². The highest BCUT2D eigenvalue weighted by atomic mass is 32.2. The Morgan fingerprint density at radius 2 is 1.81 bits per heavy atom. The van der Waals surface area contributed by atoms with E-state index in [2.05, 4.69) is 10.1 Å². The van der Waals surface area contributed by atoms with Crippen LogP contribution in [0.2, 0.25) is 0 Å². The Kier molecular flexibility index (Phi) is 5.43. The fourth-order valence-electron chi connectivity index (χ4n) is 0.851. The second-order valence-corrected chi connectivity index (χ2v) is 5.82. The molecule has 1 N–H and O–H groups in total. The number of amides is 1. The van der Waals surface area contributed by atoms with Crippen LogP contribution in [0.5, 0.6) is 0 Å². The summed E-state index contributed by atoms with van der Waals surface area (Å²) in [4.78, 5) is 22.6. The quantitative estimate of drug-likeness (QED) is 0.664. The van der Waals surface area contributed by atoms with Crippen LogP contribution in [0.1, 0.15) is 20.8 Å². The summed E-state index contributed by atoms with van der Waals surface area (Å²) in [5, 5.41) is 1.10. The lowest BCUT2D eigenvalue weighted by molar-refractivity contribution is -0.146. The van der Waals surface area contributed by atoms with E-state index in [0.717, 1.165) is 6.26 Å². The van der Waals surface area contributed by atoms with Crippen LogP contribution in [-0.4, -0.2) is 44.4 Å². The maximum absolute atomic E-state index is 11.4. The molecule has 0 aliphatic rings. The minimum atomic E-state index is -3.45. The number of carbonyl (C=O) groups is 2. The first kappa shape index (κ1) is 14.9. The van der Waals surface area contributed by atoms with Gasteiger partial charge in [0.2, 0.25) is 5.91 Å². The molecule has 0 spiro atoms. The van der Waals surface area contributed by atoms with Crippen molar-refractivity contribution in [3.63, 3.8) is 0 Å². The number of nitrogens with one attached hydrogen (secondary N) is 1. The summed E-state index contributed by atoms with van der Waals surface area (Å²) < 4.78 is 26.8. The lowest BCUT2D eigenvalue weighted by atomic mass is 10.3. The first-order valence-electron chi connectivity index (χ1n) is 4.86.